The van der Waals surface area contributed by atoms with Crippen molar-refractivity contribution in [3.8, 4) is 0 Å². The molecule has 1 aliphatic rings. The number of aromatic nitrogens is 2. The van der Waals surface area contributed by atoms with Crippen molar-refractivity contribution in [3.05, 3.63) is 77.5 Å². The van der Waals surface area contributed by atoms with E-state index in [1.54, 1.807) is 24.3 Å². The smallest absolute Gasteiger partial charge is 0.255 e. The highest BCUT2D eigenvalue weighted by atomic mass is 19.1. The minimum atomic E-state index is -0.269. The predicted molar refractivity (Wildman–Crippen MR) is 111 cm³/mol. The number of hydrogen-bond donors (Lipinski definition) is 2. The average Bonchev–Trinajstić information content (AvgIpc) is 3.20. The minimum absolute atomic E-state index is 0.0442. The highest BCUT2D eigenvalue weighted by Gasteiger charge is 2.29. The van der Waals surface area contributed by atoms with Gasteiger partial charge >= 0.3 is 0 Å². The first kappa shape index (κ1) is 18.9. The largest absolute Gasteiger partial charge is 0.384 e. The molecule has 3 heterocycles. The van der Waals surface area contributed by atoms with Crippen LogP contribution in [0.15, 0.2) is 54.7 Å². The van der Waals surface area contributed by atoms with Crippen molar-refractivity contribution < 1.29 is 9.18 Å². The number of amides is 1. The summed E-state index contributed by atoms with van der Waals surface area (Å²) in [5.41, 5.74) is 9.67. The molecule has 7 heteroatoms. The van der Waals surface area contributed by atoms with Crippen molar-refractivity contribution in [3.63, 3.8) is 0 Å². The molecular formula is C22H22FN5O. The highest BCUT2D eigenvalue weighted by molar-refractivity contribution is 5.94. The minimum Gasteiger partial charge on any atom is -0.384 e. The zero-order valence-electron chi connectivity index (χ0n) is 16.1. The number of carbonyl (C=O) groups excluding carboxylic acids is 1. The molecule has 0 spiro atoms. The Bertz CT molecular complexity index is 1020. The molecule has 0 aliphatic carbocycles. The summed E-state index contributed by atoms with van der Waals surface area (Å²) in [6.07, 6.45) is 2.36. The summed E-state index contributed by atoms with van der Waals surface area (Å²) in [5, 5.41) is 3.29. The fourth-order valence-corrected chi connectivity index (χ4v) is 3.58. The molecule has 1 aliphatic heterocycles. The fraction of sp³-hybridized carbons (Fsp3) is 0.227. The van der Waals surface area contributed by atoms with Gasteiger partial charge in [0.25, 0.3) is 5.91 Å². The van der Waals surface area contributed by atoms with E-state index in [9.17, 15) is 9.18 Å². The quantitative estimate of drug-likeness (QED) is 0.705. The number of halogens is 1. The third kappa shape index (κ3) is 4.34. The lowest BCUT2D eigenvalue weighted by Crippen LogP contribution is -2.28. The lowest BCUT2D eigenvalue weighted by molar-refractivity contribution is 0.0790. The van der Waals surface area contributed by atoms with E-state index in [1.807, 2.05) is 24.0 Å². The number of rotatable bonds is 4. The van der Waals surface area contributed by atoms with Crippen molar-refractivity contribution in [1.82, 2.24) is 14.9 Å². The SMILES string of the molecule is Cc1cc(Nc2ccc(F)cc2)cc([C@H]2CCN(C(=O)c3ccc(N)nc3)C2)n1. The summed E-state index contributed by atoms with van der Waals surface area (Å²) < 4.78 is 13.1. The van der Waals surface area contributed by atoms with Crippen LogP contribution in [0.4, 0.5) is 21.6 Å². The summed E-state index contributed by atoms with van der Waals surface area (Å²) >= 11 is 0. The third-order valence-electron chi connectivity index (χ3n) is 5.03. The van der Waals surface area contributed by atoms with Gasteiger partial charge in [0.1, 0.15) is 11.6 Å². The molecule has 0 unspecified atom stereocenters. The number of likely N-dealkylation sites (tertiary alicyclic amines) is 1. The first-order valence-electron chi connectivity index (χ1n) is 9.50. The average molecular weight is 391 g/mol. The van der Waals surface area contributed by atoms with Gasteiger partial charge in [-0.25, -0.2) is 9.37 Å². The van der Waals surface area contributed by atoms with Crippen molar-refractivity contribution in [2.75, 3.05) is 24.1 Å². The maximum absolute atomic E-state index is 13.1. The van der Waals surface area contributed by atoms with Gasteiger partial charge in [0.2, 0.25) is 0 Å². The molecule has 1 aromatic carbocycles. The maximum atomic E-state index is 13.1. The first-order chi connectivity index (χ1) is 14.0. The predicted octanol–water partition coefficient (Wildman–Crippen LogP) is 3.88. The van der Waals surface area contributed by atoms with Gasteiger partial charge in [-0.3, -0.25) is 9.78 Å². The number of pyridine rings is 2. The fourth-order valence-electron chi connectivity index (χ4n) is 3.58. The molecule has 1 amide bonds. The summed E-state index contributed by atoms with van der Waals surface area (Å²) in [4.78, 5) is 23.2. The van der Waals surface area contributed by atoms with Gasteiger partial charge in [-0.15, -0.1) is 0 Å². The van der Waals surface area contributed by atoms with E-state index in [1.165, 1.54) is 18.3 Å². The highest BCUT2D eigenvalue weighted by Crippen LogP contribution is 2.30. The number of nitrogen functional groups attached to an aromatic ring is 1. The van der Waals surface area contributed by atoms with Crippen LogP contribution >= 0.6 is 0 Å². The van der Waals surface area contributed by atoms with Crippen molar-refractivity contribution in [1.29, 1.82) is 0 Å². The summed E-state index contributed by atoms with van der Waals surface area (Å²) in [6.45, 7) is 3.22. The lowest BCUT2D eigenvalue weighted by atomic mass is 10.0. The van der Waals surface area contributed by atoms with Crippen molar-refractivity contribution in [2.45, 2.75) is 19.3 Å². The Morgan fingerprint density at radius 2 is 1.97 bits per heavy atom. The topological polar surface area (TPSA) is 84.1 Å². The maximum Gasteiger partial charge on any atom is 0.255 e. The van der Waals surface area contributed by atoms with Gasteiger partial charge in [0.15, 0.2) is 0 Å². The second kappa shape index (κ2) is 7.87. The molecule has 3 N–H and O–H groups in total. The second-order valence-electron chi connectivity index (χ2n) is 7.26. The summed E-state index contributed by atoms with van der Waals surface area (Å²) in [7, 11) is 0. The van der Waals surface area contributed by atoms with Gasteiger partial charge in [0.05, 0.1) is 5.56 Å². The molecule has 0 saturated carbocycles. The molecule has 1 atom stereocenters. The molecular weight excluding hydrogens is 369 g/mol. The monoisotopic (exact) mass is 391 g/mol. The van der Waals surface area contributed by atoms with Crippen molar-refractivity contribution >= 4 is 23.1 Å². The number of nitrogens with two attached hydrogens (primary N) is 1. The van der Waals surface area contributed by atoms with E-state index in [2.05, 4.69) is 15.3 Å². The number of hydrogen-bond acceptors (Lipinski definition) is 5. The Balaban J connectivity index is 1.48. The Kier molecular flexibility index (Phi) is 5.12. The van der Waals surface area contributed by atoms with E-state index in [0.717, 1.165) is 29.2 Å². The van der Waals surface area contributed by atoms with Crippen LogP contribution in [-0.4, -0.2) is 33.9 Å². The molecule has 4 rings (SSSR count). The van der Waals surface area contributed by atoms with E-state index in [4.69, 9.17) is 5.73 Å². The zero-order chi connectivity index (χ0) is 20.4. The second-order valence-corrected chi connectivity index (χ2v) is 7.26. The molecule has 0 bridgehead atoms. The van der Waals surface area contributed by atoms with Crippen LogP contribution < -0.4 is 11.1 Å². The van der Waals surface area contributed by atoms with Gasteiger partial charge in [-0.1, -0.05) is 0 Å². The zero-order valence-corrected chi connectivity index (χ0v) is 16.1. The summed E-state index contributed by atoms with van der Waals surface area (Å²) in [6, 6.07) is 13.5. The lowest BCUT2D eigenvalue weighted by Gasteiger charge is -2.17. The van der Waals surface area contributed by atoms with Crippen molar-refractivity contribution in [2.24, 2.45) is 0 Å². The van der Waals surface area contributed by atoms with E-state index in [-0.39, 0.29) is 17.6 Å². The molecule has 2 aromatic heterocycles. The van der Waals surface area contributed by atoms with Gasteiger partial charge in [0, 0.05) is 48.0 Å². The summed E-state index contributed by atoms with van der Waals surface area (Å²) in [5.74, 6) is 0.242. The molecule has 1 saturated heterocycles. The molecule has 1 fully saturated rings. The number of anilines is 3. The number of carbonyl (C=O) groups is 1. The standard InChI is InChI=1S/C22H22FN5O/c1-14-10-19(27-18-5-3-17(23)4-6-18)11-20(26-14)16-8-9-28(13-16)22(29)15-2-7-21(24)25-12-15/h2-7,10-12,16H,8-9,13H2,1H3,(H2,24,25)(H,26,27)/t16-/m0/s1. The van der Waals surface area contributed by atoms with Crippen LogP contribution in [0, 0.1) is 12.7 Å². The normalized spacial score (nSPS) is 16.1. The van der Waals surface area contributed by atoms with Gasteiger partial charge < -0.3 is 16.0 Å². The van der Waals surface area contributed by atoms with E-state index >= 15 is 0 Å². The van der Waals surface area contributed by atoms with Crippen LogP contribution in [0.3, 0.4) is 0 Å². The first-order valence-corrected chi connectivity index (χ1v) is 9.50. The van der Waals surface area contributed by atoms with Gasteiger partial charge in [-0.2, -0.15) is 0 Å². The molecule has 29 heavy (non-hydrogen) atoms. The molecule has 0 radical (unpaired) electrons. The molecule has 3 aromatic rings. The van der Waals surface area contributed by atoms with E-state index < -0.39 is 0 Å². The molecule has 6 nitrogen and oxygen atoms in total. The van der Waals surface area contributed by atoms with Crippen LogP contribution in [0.2, 0.25) is 0 Å². The van der Waals surface area contributed by atoms with Crippen LogP contribution in [0.5, 0.6) is 0 Å². The Morgan fingerprint density at radius 3 is 2.69 bits per heavy atom. The number of nitrogens with zero attached hydrogens (tertiary/aromatic N) is 3. The molecule has 148 valence electrons. The van der Waals surface area contributed by atoms with Crippen LogP contribution in [-0.2, 0) is 0 Å². The number of benzene rings is 1. The van der Waals surface area contributed by atoms with E-state index in [0.29, 0.717) is 24.5 Å². The van der Waals surface area contributed by atoms with Crippen LogP contribution in [0.25, 0.3) is 0 Å². The number of nitrogens with one attached hydrogen (secondary N) is 1. The number of aryl methyl sites for hydroxylation is 1. The van der Waals surface area contributed by atoms with Gasteiger partial charge in [-0.05, 0) is 61.9 Å². The Hall–Kier alpha value is -3.48. The van der Waals surface area contributed by atoms with Crippen LogP contribution in [0.1, 0.15) is 34.1 Å². The third-order valence-corrected chi connectivity index (χ3v) is 5.03. The Labute approximate surface area is 168 Å². The Morgan fingerprint density at radius 1 is 1.17 bits per heavy atom.